The van der Waals surface area contributed by atoms with Crippen LogP contribution in [-0.2, 0) is 0 Å². The summed E-state index contributed by atoms with van der Waals surface area (Å²) in [6, 6.07) is 11.9. The largest absolute Gasteiger partial charge is 0.365 e. The molecule has 1 atom stereocenters. The smallest absolute Gasteiger partial charge is 0.150 e. The highest BCUT2D eigenvalue weighted by molar-refractivity contribution is 6.30. The Morgan fingerprint density at radius 2 is 1.85 bits per heavy atom. The summed E-state index contributed by atoms with van der Waals surface area (Å²) in [7, 11) is 1.82. The molecule has 4 heteroatoms. The molecule has 2 aromatic carbocycles. The van der Waals surface area contributed by atoms with Gasteiger partial charge in [0.05, 0.1) is 11.7 Å². The van der Waals surface area contributed by atoms with Gasteiger partial charge in [-0.15, -0.1) is 0 Å². The number of hydrogen-bond acceptors (Lipinski definition) is 2. The standard InChI is InChI=1S/C16H15ClFNO/c1-11(13-4-6-14(17)7-5-13)19(2)16-8-3-12(10-20)9-15(16)18/h3-11H,1-2H3. The number of rotatable bonds is 4. The Labute approximate surface area is 122 Å². The molecule has 0 saturated carbocycles. The maximum atomic E-state index is 14.0. The van der Waals surface area contributed by atoms with Gasteiger partial charge in [-0.05, 0) is 42.8 Å². The molecule has 0 spiro atoms. The molecule has 0 aliphatic carbocycles. The topological polar surface area (TPSA) is 20.3 Å². The van der Waals surface area contributed by atoms with Crippen molar-refractivity contribution in [2.45, 2.75) is 13.0 Å². The summed E-state index contributed by atoms with van der Waals surface area (Å²) < 4.78 is 14.0. The van der Waals surface area contributed by atoms with E-state index in [4.69, 9.17) is 11.6 Å². The van der Waals surface area contributed by atoms with E-state index >= 15 is 0 Å². The number of hydrogen-bond donors (Lipinski definition) is 0. The molecule has 1 unspecified atom stereocenters. The molecule has 104 valence electrons. The highest BCUT2D eigenvalue weighted by Crippen LogP contribution is 2.28. The molecular formula is C16H15ClFNO. The lowest BCUT2D eigenvalue weighted by Gasteiger charge is -2.28. The van der Waals surface area contributed by atoms with Crippen LogP contribution in [-0.4, -0.2) is 13.3 Å². The number of benzene rings is 2. The zero-order valence-electron chi connectivity index (χ0n) is 11.3. The molecule has 0 bridgehead atoms. The third-order valence-corrected chi connectivity index (χ3v) is 3.67. The second-order valence-electron chi connectivity index (χ2n) is 4.67. The summed E-state index contributed by atoms with van der Waals surface area (Å²) in [5, 5.41) is 0.671. The van der Waals surface area contributed by atoms with Gasteiger partial charge in [-0.3, -0.25) is 4.79 Å². The normalized spacial score (nSPS) is 12.0. The van der Waals surface area contributed by atoms with Crippen molar-refractivity contribution >= 4 is 23.6 Å². The molecule has 2 rings (SSSR count). The van der Waals surface area contributed by atoms with E-state index in [0.29, 0.717) is 22.6 Å². The van der Waals surface area contributed by atoms with Gasteiger partial charge in [0.1, 0.15) is 12.1 Å². The van der Waals surface area contributed by atoms with Crippen molar-refractivity contribution in [3.05, 3.63) is 64.4 Å². The average Bonchev–Trinajstić information content (AvgIpc) is 2.46. The number of aldehydes is 1. The number of anilines is 1. The second kappa shape index (κ2) is 6.06. The monoisotopic (exact) mass is 291 g/mol. The lowest BCUT2D eigenvalue weighted by Crippen LogP contribution is -2.22. The van der Waals surface area contributed by atoms with Gasteiger partial charge < -0.3 is 4.90 Å². The molecule has 0 N–H and O–H groups in total. The fourth-order valence-corrected chi connectivity index (χ4v) is 2.18. The third-order valence-electron chi connectivity index (χ3n) is 3.42. The Morgan fingerprint density at radius 3 is 2.40 bits per heavy atom. The Kier molecular flexibility index (Phi) is 4.40. The first-order valence-corrected chi connectivity index (χ1v) is 6.63. The van der Waals surface area contributed by atoms with Crippen molar-refractivity contribution in [3.8, 4) is 0 Å². The van der Waals surface area contributed by atoms with E-state index < -0.39 is 5.82 Å². The number of carbonyl (C=O) groups excluding carboxylic acids is 1. The molecule has 0 heterocycles. The first kappa shape index (κ1) is 14.5. The van der Waals surface area contributed by atoms with Crippen LogP contribution in [0.25, 0.3) is 0 Å². The molecule has 0 amide bonds. The van der Waals surface area contributed by atoms with Crippen molar-refractivity contribution in [2.24, 2.45) is 0 Å². The molecule has 0 fully saturated rings. The zero-order valence-corrected chi connectivity index (χ0v) is 12.1. The highest BCUT2D eigenvalue weighted by atomic mass is 35.5. The molecular weight excluding hydrogens is 277 g/mol. The SMILES string of the molecule is CC(c1ccc(Cl)cc1)N(C)c1ccc(C=O)cc1F. The minimum absolute atomic E-state index is 0.0103. The Balaban J connectivity index is 2.28. The van der Waals surface area contributed by atoms with Crippen LogP contribution in [0.15, 0.2) is 42.5 Å². The van der Waals surface area contributed by atoms with Crippen molar-refractivity contribution in [2.75, 3.05) is 11.9 Å². The van der Waals surface area contributed by atoms with Crippen LogP contribution in [0.3, 0.4) is 0 Å². The van der Waals surface area contributed by atoms with Gasteiger partial charge in [0, 0.05) is 17.6 Å². The molecule has 0 aliphatic rings. The van der Waals surface area contributed by atoms with Gasteiger partial charge in [0.25, 0.3) is 0 Å². The van der Waals surface area contributed by atoms with Crippen molar-refractivity contribution in [1.82, 2.24) is 0 Å². The Hall–Kier alpha value is -1.87. The minimum Gasteiger partial charge on any atom is -0.365 e. The highest BCUT2D eigenvalue weighted by Gasteiger charge is 2.15. The van der Waals surface area contributed by atoms with Crippen LogP contribution in [0, 0.1) is 5.82 Å². The number of carbonyl (C=O) groups is 1. The van der Waals surface area contributed by atoms with Gasteiger partial charge in [0.15, 0.2) is 0 Å². The van der Waals surface area contributed by atoms with Crippen molar-refractivity contribution in [1.29, 1.82) is 0 Å². The van der Waals surface area contributed by atoms with Crippen LogP contribution < -0.4 is 4.90 Å². The fraction of sp³-hybridized carbons (Fsp3) is 0.188. The molecule has 2 aromatic rings. The number of halogens is 2. The maximum Gasteiger partial charge on any atom is 0.150 e. The van der Waals surface area contributed by atoms with Gasteiger partial charge in [-0.1, -0.05) is 23.7 Å². The fourth-order valence-electron chi connectivity index (χ4n) is 2.06. The van der Waals surface area contributed by atoms with Crippen molar-refractivity contribution in [3.63, 3.8) is 0 Å². The first-order chi connectivity index (χ1) is 9.52. The molecule has 0 aromatic heterocycles. The predicted octanol–water partition coefficient (Wildman–Crippen LogP) is 4.49. The minimum atomic E-state index is -0.405. The average molecular weight is 292 g/mol. The number of nitrogens with zero attached hydrogens (tertiary/aromatic N) is 1. The van der Waals surface area contributed by atoms with E-state index in [-0.39, 0.29) is 6.04 Å². The summed E-state index contributed by atoms with van der Waals surface area (Å²) in [4.78, 5) is 12.5. The Bertz CT molecular complexity index is 612. The lowest BCUT2D eigenvalue weighted by atomic mass is 10.1. The summed E-state index contributed by atoms with van der Waals surface area (Å²) in [6.07, 6.45) is 0.634. The second-order valence-corrected chi connectivity index (χ2v) is 5.10. The summed E-state index contributed by atoms with van der Waals surface area (Å²) in [5.74, 6) is -0.405. The Morgan fingerprint density at radius 1 is 1.20 bits per heavy atom. The summed E-state index contributed by atoms with van der Waals surface area (Å²) >= 11 is 5.86. The van der Waals surface area contributed by atoms with Crippen LogP contribution in [0.5, 0.6) is 0 Å². The molecule has 0 radical (unpaired) electrons. The molecule has 0 aliphatic heterocycles. The van der Waals surface area contributed by atoms with E-state index in [1.54, 1.807) is 12.1 Å². The van der Waals surface area contributed by atoms with Crippen LogP contribution in [0.4, 0.5) is 10.1 Å². The van der Waals surface area contributed by atoms with E-state index in [2.05, 4.69) is 0 Å². The van der Waals surface area contributed by atoms with Crippen LogP contribution in [0.1, 0.15) is 28.9 Å². The van der Waals surface area contributed by atoms with Gasteiger partial charge in [-0.25, -0.2) is 4.39 Å². The first-order valence-electron chi connectivity index (χ1n) is 6.26. The quantitative estimate of drug-likeness (QED) is 0.774. The molecule has 20 heavy (non-hydrogen) atoms. The predicted molar refractivity (Wildman–Crippen MR) is 80.1 cm³/mol. The summed E-state index contributed by atoms with van der Waals surface area (Å²) in [5.41, 5.74) is 1.83. The van der Waals surface area contributed by atoms with Crippen molar-refractivity contribution < 1.29 is 9.18 Å². The van der Waals surface area contributed by atoms with E-state index in [1.807, 2.05) is 43.1 Å². The lowest BCUT2D eigenvalue weighted by molar-refractivity contribution is 0.112. The molecule has 0 saturated heterocycles. The molecule has 2 nitrogen and oxygen atoms in total. The maximum absolute atomic E-state index is 14.0. The van der Waals surface area contributed by atoms with Gasteiger partial charge in [-0.2, -0.15) is 0 Å². The zero-order chi connectivity index (χ0) is 14.7. The van der Waals surface area contributed by atoms with Gasteiger partial charge in [0.2, 0.25) is 0 Å². The van der Waals surface area contributed by atoms with E-state index in [0.717, 1.165) is 5.56 Å². The third kappa shape index (κ3) is 2.99. The van der Waals surface area contributed by atoms with Crippen LogP contribution >= 0.6 is 11.6 Å². The van der Waals surface area contributed by atoms with Gasteiger partial charge >= 0.3 is 0 Å². The van der Waals surface area contributed by atoms with E-state index in [1.165, 1.54) is 6.07 Å². The summed E-state index contributed by atoms with van der Waals surface area (Å²) in [6.45, 7) is 1.98. The van der Waals surface area contributed by atoms with E-state index in [9.17, 15) is 9.18 Å². The van der Waals surface area contributed by atoms with Crippen LogP contribution in [0.2, 0.25) is 5.02 Å².